The minimum atomic E-state index is -0.392. The van der Waals surface area contributed by atoms with Gasteiger partial charge in [-0.3, -0.25) is 14.9 Å². The summed E-state index contributed by atoms with van der Waals surface area (Å²) in [5.74, 6) is -0.0916. The van der Waals surface area contributed by atoms with Crippen LogP contribution in [-0.2, 0) is 0 Å². The molecule has 2 heterocycles. The number of hydrogen-bond donors (Lipinski definition) is 2. The topological polar surface area (TPSA) is 87.7 Å². The maximum atomic E-state index is 12.4. The summed E-state index contributed by atoms with van der Waals surface area (Å²) in [5, 5.41) is 12.3. The van der Waals surface area contributed by atoms with E-state index in [-0.39, 0.29) is 11.3 Å². The number of benzene rings is 1. The van der Waals surface area contributed by atoms with Crippen LogP contribution in [0.5, 0.6) is 0 Å². The van der Waals surface area contributed by atoms with Gasteiger partial charge in [0.15, 0.2) is 10.8 Å². The van der Waals surface area contributed by atoms with Crippen molar-refractivity contribution in [2.45, 2.75) is 19.8 Å². The molecular weight excluding hydrogens is 300 g/mol. The number of H-pyrrole nitrogens is 1. The molecule has 0 radical (unpaired) electrons. The molecule has 0 fully saturated rings. The fourth-order valence-electron chi connectivity index (χ4n) is 2.05. The molecule has 3 aromatic rings. The standard InChI is InChI=1S/C15H14N4O2S/c1-8(2)11-7-22-15(16-11)17-14(21)12-9-5-3-4-6-10(9)13(20)19-18-12/h3-8H,1-2H3,(H,19,20)(H,16,17,21). The van der Waals surface area contributed by atoms with E-state index >= 15 is 0 Å². The molecule has 2 N–H and O–H groups in total. The van der Waals surface area contributed by atoms with Gasteiger partial charge < -0.3 is 0 Å². The maximum Gasteiger partial charge on any atom is 0.278 e. The van der Waals surface area contributed by atoms with Gasteiger partial charge in [-0.1, -0.05) is 32.0 Å². The second-order valence-electron chi connectivity index (χ2n) is 5.13. The van der Waals surface area contributed by atoms with E-state index < -0.39 is 5.91 Å². The Morgan fingerprint density at radius 1 is 1.27 bits per heavy atom. The number of fused-ring (bicyclic) bond motifs is 1. The first-order valence-electron chi connectivity index (χ1n) is 6.80. The maximum absolute atomic E-state index is 12.4. The monoisotopic (exact) mass is 314 g/mol. The molecule has 0 aliphatic carbocycles. The average molecular weight is 314 g/mol. The first kappa shape index (κ1) is 14.4. The van der Waals surface area contributed by atoms with E-state index in [1.165, 1.54) is 11.3 Å². The van der Waals surface area contributed by atoms with Crippen molar-refractivity contribution in [3.8, 4) is 0 Å². The zero-order valence-electron chi connectivity index (χ0n) is 12.1. The Labute approximate surface area is 130 Å². The van der Waals surface area contributed by atoms with Crippen LogP contribution in [0.2, 0.25) is 0 Å². The Kier molecular flexibility index (Phi) is 3.72. The average Bonchev–Trinajstić information content (AvgIpc) is 2.96. The number of carbonyl (C=O) groups is 1. The van der Waals surface area contributed by atoms with Crippen LogP contribution in [0.4, 0.5) is 5.13 Å². The molecule has 0 unspecified atom stereocenters. The van der Waals surface area contributed by atoms with Gasteiger partial charge in [0.05, 0.1) is 11.1 Å². The molecule has 0 aliphatic heterocycles. The lowest BCUT2D eigenvalue weighted by Gasteiger charge is -2.04. The van der Waals surface area contributed by atoms with Crippen LogP contribution in [-0.4, -0.2) is 21.1 Å². The molecule has 1 amide bonds. The fourth-order valence-corrected chi connectivity index (χ4v) is 2.92. The summed E-state index contributed by atoms with van der Waals surface area (Å²) in [5.41, 5.74) is 0.791. The van der Waals surface area contributed by atoms with Crippen molar-refractivity contribution in [3.63, 3.8) is 0 Å². The van der Waals surface area contributed by atoms with Crippen molar-refractivity contribution in [2.24, 2.45) is 0 Å². The molecule has 0 bridgehead atoms. The Morgan fingerprint density at radius 3 is 2.68 bits per heavy atom. The molecule has 22 heavy (non-hydrogen) atoms. The second kappa shape index (κ2) is 5.69. The second-order valence-corrected chi connectivity index (χ2v) is 5.99. The third kappa shape index (κ3) is 2.62. The predicted octanol–water partition coefficient (Wildman–Crippen LogP) is 2.76. The third-order valence-electron chi connectivity index (χ3n) is 3.25. The fraction of sp³-hybridized carbons (Fsp3) is 0.200. The molecule has 0 saturated carbocycles. The largest absolute Gasteiger partial charge is 0.296 e. The highest BCUT2D eigenvalue weighted by molar-refractivity contribution is 7.14. The van der Waals surface area contributed by atoms with Crippen molar-refractivity contribution in [1.82, 2.24) is 15.2 Å². The third-order valence-corrected chi connectivity index (χ3v) is 4.02. The van der Waals surface area contributed by atoms with Crippen molar-refractivity contribution < 1.29 is 4.79 Å². The minimum absolute atomic E-state index is 0.177. The van der Waals surface area contributed by atoms with Crippen molar-refractivity contribution in [2.75, 3.05) is 5.32 Å². The van der Waals surface area contributed by atoms with E-state index in [0.29, 0.717) is 21.8 Å². The van der Waals surface area contributed by atoms with Gasteiger partial charge in [0.25, 0.3) is 11.5 Å². The van der Waals surface area contributed by atoms with Crippen LogP contribution in [0.3, 0.4) is 0 Å². The highest BCUT2D eigenvalue weighted by Gasteiger charge is 2.16. The van der Waals surface area contributed by atoms with Gasteiger partial charge in [-0.15, -0.1) is 11.3 Å². The number of aromatic nitrogens is 3. The number of nitrogens with zero attached hydrogens (tertiary/aromatic N) is 2. The zero-order valence-corrected chi connectivity index (χ0v) is 12.9. The Hall–Kier alpha value is -2.54. The van der Waals surface area contributed by atoms with E-state index in [9.17, 15) is 9.59 Å². The van der Waals surface area contributed by atoms with E-state index in [4.69, 9.17) is 0 Å². The molecule has 7 heteroatoms. The van der Waals surface area contributed by atoms with Crippen LogP contribution in [0.1, 0.15) is 35.9 Å². The molecule has 0 saturated heterocycles. The van der Waals surface area contributed by atoms with Gasteiger partial charge in [0.2, 0.25) is 0 Å². The summed E-state index contributed by atoms with van der Waals surface area (Å²) in [6.45, 7) is 4.08. The van der Waals surface area contributed by atoms with Crippen molar-refractivity contribution in [1.29, 1.82) is 0 Å². The number of amides is 1. The molecule has 0 atom stereocenters. The smallest absolute Gasteiger partial charge is 0.278 e. The first-order chi connectivity index (χ1) is 10.6. The molecule has 2 aromatic heterocycles. The van der Waals surface area contributed by atoms with Gasteiger partial charge in [0.1, 0.15) is 0 Å². The molecule has 0 aliphatic rings. The van der Waals surface area contributed by atoms with Gasteiger partial charge in [-0.05, 0) is 12.0 Å². The zero-order chi connectivity index (χ0) is 15.7. The number of rotatable bonds is 3. The SMILES string of the molecule is CC(C)c1csc(NC(=O)c2n[nH]c(=O)c3ccccc23)n1. The number of anilines is 1. The van der Waals surface area contributed by atoms with Crippen molar-refractivity contribution in [3.05, 3.63) is 51.4 Å². The Balaban J connectivity index is 1.95. The lowest BCUT2D eigenvalue weighted by Crippen LogP contribution is -2.19. The highest BCUT2D eigenvalue weighted by Crippen LogP contribution is 2.22. The van der Waals surface area contributed by atoms with E-state index in [0.717, 1.165) is 5.69 Å². The molecule has 1 aromatic carbocycles. The molecule has 3 rings (SSSR count). The number of thiazole rings is 1. The molecular formula is C15H14N4O2S. The quantitative estimate of drug-likeness (QED) is 0.778. The summed E-state index contributed by atoms with van der Waals surface area (Å²) in [6, 6.07) is 6.87. The Morgan fingerprint density at radius 2 is 2.00 bits per heavy atom. The van der Waals surface area contributed by atoms with E-state index in [1.807, 2.05) is 19.2 Å². The van der Waals surface area contributed by atoms with E-state index in [1.54, 1.807) is 24.3 Å². The lowest BCUT2D eigenvalue weighted by molar-refractivity contribution is 0.102. The molecule has 6 nitrogen and oxygen atoms in total. The summed E-state index contributed by atoms with van der Waals surface area (Å²) in [7, 11) is 0. The van der Waals surface area contributed by atoms with Gasteiger partial charge in [-0.25, -0.2) is 10.1 Å². The van der Waals surface area contributed by atoms with Crippen LogP contribution in [0.25, 0.3) is 10.8 Å². The van der Waals surface area contributed by atoms with E-state index in [2.05, 4.69) is 20.5 Å². The van der Waals surface area contributed by atoms with Crippen LogP contribution in [0, 0.1) is 0 Å². The first-order valence-corrected chi connectivity index (χ1v) is 7.68. The predicted molar refractivity (Wildman–Crippen MR) is 86.5 cm³/mol. The highest BCUT2D eigenvalue weighted by atomic mass is 32.1. The number of aromatic amines is 1. The minimum Gasteiger partial charge on any atom is -0.296 e. The van der Waals surface area contributed by atoms with Gasteiger partial charge in [-0.2, -0.15) is 5.10 Å². The summed E-state index contributed by atoms with van der Waals surface area (Å²) < 4.78 is 0. The van der Waals surface area contributed by atoms with Crippen LogP contribution in [0.15, 0.2) is 34.4 Å². The number of carbonyl (C=O) groups excluding carboxylic acids is 1. The molecule has 112 valence electrons. The summed E-state index contributed by atoms with van der Waals surface area (Å²) in [6.07, 6.45) is 0. The van der Waals surface area contributed by atoms with Crippen LogP contribution < -0.4 is 10.9 Å². The van der Waals surface area contributed by atoms with Gasteiger partial charge in [0, 0.05) is 10.8 Å². The molecule has 0 spiro atoms. The van der Waals surface area contributed by atoms with Crippen molar-refractivity contribution >= 4 is 33.1 Å². The number of nitrogens with one attached hydrogen (secondary N) is 2. The normalized spacial score (nSPS) is 11.0. The number of hydrogen-bond acceptors (Lipinski definition) is 5. The summed E-state index contributed by atoms with van der Waals surface area (Å²) in [4.78, 5) is 28.5. The van der Waals surface area contributed by atoms with Crippen LogP contribution >= 0.6 is 11.3 Å². The lowest BCUT2D eigenvalue weighted by atomic mass is 10.1. The summed E-state index contributed by atoms with van der Waals surface area (Å²) >= 11 is 1.37. The Bertz CT molecular complexity index is 898. The van der Waals surface area contributed by atoms with Gasteiger partial charge >= 0.3 is 0 Å².